The third-order valence-corrected chi connectivity index (χ3v) is 3.29. The van der Waals surface area contributed by atoms with Gasteiger partial charge < -0.3 is 15.5 Å². The average Bonchev–Trinajstić information content (AvgIpc) is 2.40. The fraction of sp³-hybridized carbons (Fsp3) is 0.273. The lowest BCUT2D eigenvalue weighted by molar-refractivity contribution is -0.384. The van der Waals surface area contributed by atoms with Crippen LogP contribution in [0.25, 0.3) is 0 Å². The first kappa shape index (κ1) is 17.2. The lowest BCUT2D eigenvalue weighted by Gasteiger charge is -2.14. The first-order valence-electron chi connectivity index (χ1n) is 5.56. The molecule has 21 heavy (non-hydrogen) atoms. The molecule has 3 N–H and O–H groups in total. The number of carbonyl (C=O) groups is 2. The van der Waals surface area contributed by atoms with Gasteiger partial charge >= 0.3 is 5.97 Å². The zero-order chi connectivity index (χ0) is 16.2. The van der Waals surface area contributed by atoms with Crippen molar-refractivity contribution in [1.29, 1.82) is 0 Å². The molecular weight excluding hydrogens is 327 g/mol. The number of nitrogens with zero attached hydrogens (tertiary/aromatic N) is 1. The number of halogens is 2. The Balaban J connectivity index is 3.11. The van der Waals surface area contributed by atoms with Gasteiger partial charge in [0.15, 0.2) is 0 Å². The minimum atomic E-state index is -1.36. The summed E-state index contributed by atoms with van der Waals surface area (Å²) >= 11 is 11.5. The van der Waals surface area contributed by atoms with Crippen molar-refractivity contribution < 1.29 is 24.7 Å². The van der Waals surface area contributed by atoms with Crippen molar-refractivity contribution in [1.82, 2.24) is 5.32 Å². The number of amides is 1. The van der Waals surface area contributed by atoms with Crippen LogP contribution in [0, 0.1) is 10.1 Å². The van der Waals surface area contributed by atoms with Gasteiger partial charge in [0.1, 0.15) is 6.04 Å². The summed E-state index contributed by atoms with van der Waals surface area (Å²) in [6.07, 6.45) is -0.221. The van der Waals surface area contributed by atoms with Crippen LogP contribution in [0.4, 0.5) is 5.69 Å². The highest BCUT2D eigenvalue weighted by atomic mass is 35.5. The highest BCUT2D eigenvalue weighted by Crippen LogP contribution is 2.30. The number of nitro groups is 1. The molecule has 0 aliphatic carbocycles. The van der Waals surface area contributed by atoms with Crippen molar-refractivity contribution in [2.45, 2.75) is 12.5 Å². The van der Waals surface area contributed by atoms with Crippen LogP contribution in [0.15, 0.2) is 12.1 Å². The van der Waals surface area contributed by atoms with E-state index in [-0.39, 0.29) is 22.0 Å². The van der Waals surface area contributed by atoms with Crippen LogP contribution in [0.1, 0.15) is 16.8 Å². The van der Waals surface area contributed by atoms with Crippen molar-refractivity contribution in [2.24, 2.45) is 0 Å². The molecule has 0 saturated carbocycles. The number of carboxylic acid groups (broad SMARTS) is 1. The topological polar surface area (TPSA) is 130 Å². The number of aliphatic carboxylic acids is 1. The molecule has 0 unspecified atom stereocenters. The minimum absolute atomic E-state index is 0.204. The van der Waals surface area contributed by atoms with Crippen LogP contribution in [0.2, 0.25) is 10.0 Å². The van der Waals surface area contributed by atoms with E-state index in [2.05, 4.69) is 5.32 Å². The molecule has 8 nitrogen and oxygen atoms in total. The van der Waals surface area contributed by atoms with E-state index in [1.807, 2.05) is 0 Å². The molecule has 1 rings (SSSR count). The summed E-state index contributed by atoms with van der Waals surface area (Å²) in [7, 11) is 0. The number of nitro benzene ring substituents is 1. The molecule has 0 aliphatic heterocycles. The number of non-ortho nitro benzene ring substituents is 1. The minimum Gasteiger partial charge on any atom is -0.480 e. The van der Waals surface area contributed by atoms with E-state index in [1.165, 1.54) is 0 Å². The SMILES string of the molecule is O=C(N[C@H](CCO)C(=O)O)c1cc([N+](=O)[O-])cc(Cl)c1Cl. The second-order valence-electron chi connectivity index (χ2n) is 3.92. The van der Waals surface area contributed by atoms with Gasteiger partial charge in [0, 0.05) is 25.2 Å². The number of aliphatic hydroxyl groups is 1. The number of carboxylic acids is 1. The Morgan fingerprint density at radius 1 is 1.38 bits per heavy atom. The Morgan fingerprint density at radius 3 is 2.48 bits per heavy atom. The molecule has 1 atom stereocenters. The Morgan fingerprint density at radius 2 is 2.00 bits per heavy atom. The van der Waals surface area contributed by atoms with Crippen LogP contribution in [0.5, 0.6) is 0 Å². The molecule has 0 radical (unpaired) electrons. The average molecular weight is 337 g/mol. The summed E-state index contributed by atoms with van der Waals surface area (Å²) in [5.41, 5.74) is -0.774. The number of hydrogen-bond acceptors (Lipinski definition) is 5. The Kier molecular flexibility index (Phi) is 5.89. The molecule has 0 heterocycles. The van der Waals surface area contributed by atoms with Crippen molar-refractivity contribution in [3.63, 3.8) is 0 Å². The van der Waals surface area contributed by atoms with Gasteiger partial charge in [-0.05, 0) is 0 Å². The van der Waals surface area contributed by atoms with Crippen molar-refractivity contribution >= 4 is 40.8 Å². The first-order chi connectivity index (χ1) is 9.77. The second kappa shape index (κ2) is 7.21. The maximum atomic E-state index is 12.0. The maximum absolute atomic E-state index is 12.0. The monoisotopic (exact) mass is 336 g/mol. The molecule has 0 saturated heterocycles. The van der Waals surface area contributed by atoms with Gasteiger partial charge in [0.05, 0.1) is 20.5 Å². The van der Waals surface area contributed by atoms with Crippen LogP contribution in [-0.2, 0) is 4.79 Å². The quantitative estimate of drug-likeness (QED) is 0.532. The summed E-state index contributed by atoms with van der Waals surface area (Å²) in [5, 5.41) is 30.0. The van der Waals surface area contributed by atoms with E-state index in [4.69, 9.17) is 33.4 Å². The zero-order valence-electron chi connectivity index (χ0n) is 10.4. The standard InChI is InChI=1S/C11H10Cl2N2O6/c12-7-4-5(15(20)21)3-6(9(7)13)10(17)14-8(1-2-16)11(18)19/h3-4,8,16H,1-2H2,(H,14,17)(H,18,19)/t8-/m1/s1. The van der Waals surface area contributed by atoms with Gasteiger partial charge in [-0.3, -0.25) is 14.9 Å². The Labute approximate surface area is 128 Å². The summed E-state index contributed by atoms with van der Waals surface area (Å²) in [5.74, 6) is -2.29. The molecule has 0 fully saturated rings. The molecule has 1 aromatic rings. The molecule has 1 amide bonds. The van der Waals surface area contributed by atoms with E-state index in [0.29, 0.717) is 0 Å². The number of carbonyl (C=O) groups excluding carboxylic acids is 1. The van der Waals surface area contributed by atoms with Crippen LogP contribution >= 0.6 is 23.2 Å². The highest BCUT2D eigenvalue weighted by Gasteiger charge is 2.24. The predicted molar refractivity (Wildman–Crippen MR) is 73.7 cm³/mol. The summed E-state index contributed by atoms with van der Waals surface area (Å²) in [4.78, 5) is 32.8. The predicted octanol–water partition coefficient (Wildman–Crippen LogP) is 1.47. The summed E-state index contributed by atoms with van der Waals surface area (Å²) < 4.78 is 0. The second-order valence-corrected chi connectivity index (χ2v) is 4.71. The van der Waals surface area contributed by atoms with Crippen LogP contribution in [0.3, 0.4) is 0 Å². The fourth-order valence-electron chi connectivity index (χ4n) is 1.47. The molecule has 0 bridgehead atoms. The molecule has 10 heteroatoms. The Bertz CT molecular complexity index is 592. The number of rotatable bonds is 6. The van der Waals surface area contributed by atoms with Gasteiger partial charge in [-0.25, -0.2) is 4.79 Å². The maximum Gasteiger partial charge on any atom is 0.326 e. The van der Waals surface area contributed by atoms with Crippen molar-refractivity contribution in [3.05, 3.63) is 37.9 Å². The van der Waals surface area contributed by atoms with Gasteiger partial charge in [0.2, 0.25) is 0 Å². The largest absolute Gasteiger partial charge is 0.480 e. The van der Waals surface area contributed by atoms with E-state index >= 15 is 0 Å². The van der Waals surface area contributed by atoms with Gasteiger partial charge in [-0.1, -0.05) is 23.2 Å². The van der Waals surface area contributed by atoms with Crippen LogP contribution in [-0.4, -0.2) is 39.7 Å². The molecule has 1 aromatic carbocycles. The first-order valence-corrected chi connectivity index (χ1v) is 6.31. The Hall–Kier alpha value is -1.90. The summed E-state index contributed by atoms with van der Waals surface area (Å²) in [6.45, 7) is -0.458. The third-order valence-electron chi connectivity index (χ3n) is 2.49. The van der Waals surface area contributed by atoms with Gasteiger partial charge in [-0.2, -0.15) is 0 Å². The number of benzene rings is 1. The number of aliphatic hydroxyl groups excluding tert-OH is 1. The third kappa shape index (κ3) is 4.28. The fourth-order valence-corrected chi connectivity index (χ4v) is 1.88. The molecule has 114 valence electrons. The van der Waals surface area contributed by atoms with Crippen molar-refractivity contribution in [3.8, 4) is 0 Å². The lowest BCUT2D eigenvalue weighted by Crippen LogP contribution is -2.41. The van der Waals surface area contributed by atoms with E-state index in [9.17, 15) is 19.7 Å². The normalized spacial score (nSPS) is 11.8. The van der Waals surface area contributed by atoms with Crippen LogP contribution < -0.4 is 5.32 Å². The molecule has 0 aliphatic rings. The molecular formula is C11H10Cl2N2O6. The number of nitrogens with one attached hydrogen (secondary N) is 1. The zero-order valence-corrected chi connectivity index (χ0v) is 11.9. The van der Waals surface area contributed by atoms with Gasteiger partial charge in [-0.15, -0.1) is 0 Å². The lowest BCUT2D eigenvalue weighted by atomic mass is 10.1. The van der Waals surface area contributed by atoms with Gasteiger partial charge in [0.25, 0.3) is 11.6 Å². The smallest absolute Gasteiger partial charge is 0.326 e. The molecule has 0 aromatic heterocycles. The van der Waals surface area contributed by atoms with Crippen molar-refractivity contribution in [2.75, 3.05) is 6.61 Å². The van der Waals surface area contributed by atoms with E-state index in [1.54, 1.807) is 0 Å². The van der Waals surface area contributed by atoms with E-state index < -0.39 is 35.1 Å². The highest BCUT2D eigenvalue weighted by molar-refractivity contribution is 6.44. The van der Waals surface area contributed by atoms with E-state index in [0.717, 1.165) is 12.1 Å². The summed E-state index contributed by atoms with van der Waals surface area (Å²) in [6, 6.07) is 0.515. The molecule has 0 spiro atoms. The number of hydrogen-bond donors (Lipinski definition) is 3.